The lowest BCUT2D eigenvalue weighted by Gasteiger charge is -2.38. The first-order valence-corrected chi connectivity index (χ1v) is 9.98. The summed E-state index contributed by atoms with van der Waals surface area (Å²) >= 11 is 0. The monoisotopic (exact) mass is 336 g/mol. The van der Waals surface area contributed by atoms with Gasteiger partial charge in [0.05, 0.1) is 11.6 Å². The number of piperazine rings is 1. The maximum Gasteiger partial charge on any atom is 0.209 e. The Morgan fingerprint density at radius 1 is 1.08 bits per heavy atom. The SMILES string of the molecule is CC[C@H](c1nnnn1C(C)(C)C)[NH+]1CC[NH+](C2CCCCC2)CC1. The van der Waals surface area contributed by atoms with E-state index in [0.29, 0.717) is 6.04 Å². The van der Waals surface area contributed by atoms with Crippen molar-refractivity contribution < 1.29 is 9.80 Å². The highest BCUT2D eigenvalue weighted by Gasteiger charge is 2.37. The van der Waals surface area contributed by atoms with Gasteiger partial charge in [-0.05, 0) is 56.9 Å². The Balaban J connectivity index is 1.65. The summed E-state index contributed by atoms with van der Waals surface area (Å²) in [6, 6.07) is 1.35. The van der Waals surface area contributed by atoms with Crippen LogP contribution < -0.4 is 9.80 Å². The third-order valence-corrected chi connectivity index (χ3v) is 6.06. The second-order valence-corrected chi connectivity index (χ2v) is 8.73. The second kappa shape index (κ2) is 7.48. The molecule has 0 bridgehead atoms. The van der Waals surface area contributed by atoms with Crippen molar-refractivity contribution in [2.24, 2.45) is 0 Å². The van der Waals surface area contributed by atoms with E-state index in [2.05, 4.69) is 43.2 Å². The molecule has 6 heteroatoms. The van der Waals surface area contributed by atoms with Crippen molar-refractivity contribution in [1.82, 2.24) is 20.2 Å². The summed E-state index contributed by atoms with van der Waals surface area (Å²) in [6.45, 7) is 13.9. The molecule has 6 nitrogen and oxygen atoms in total. The molecule has 1 saturated heterocycles. The van der Waals surface area contributed by atoms with Gasteiger partial charge in [-0.25, -0.2) is 4.68 Å². The average Bonchev–Trinajstić information content (AvgIpc) is 3.07. The molecule has 0 spiro atoms. The summed E-state index contributed by atoms with van der Waals surface area (Å²) in [6.07, 6.45) is 8.35. The quantitative estimate of drug-likeness (QED) is 0.814. The molecule has 0 unspecified atom stereocenters. The lowest BCUT2D eigenvalue weighted by Crippen LogP contribution is -3.29. The maximum absolute atomic E-state index is 4.41. The van der Waals surface area contributed by atoms with Crippen LogP contribution >= 0.6 is 0 Å². The highest BCUT2D eigenvalue weighted by Crippen LogP contribution is 2.19. The average molecular weight is 337 g/mol. The van der Waals surface area contributed by atoms with Crippen molar-refractivity contribution >= 4 is 0 Å². The second-order valence-electron chi connectivity index (χ2n) is 8.73. The molecule has 0 amide bonds. The van der Waals surface area contributed by atoms with E-state index in [1.165, 1.54) is 58.3 Å². The van der Waals surface area contributed by atoms with E-state index in [0.717, 1.165) is 18.3 Å². The summed E-state index contributed by atoms with van der Waals surface area (Å²) in [4.78, 5) is 3.54. The van der Waals surface area contributed by atoms with Crippen LogP contribution in [0.5, 0.6) is 0 Å². The van der Waals surface area contributed by atoms with Gasteiger partial charge in [0.25, 0.3) is 0 Å². The van der Waals surface area contributed by atoms with Gasteiger partial charge in [0, 0.05) is 6.42 Å². The van der Waals surface area contributed by atoms with E-state index in [4.69, 9.17) is 0 Å². The van der Waals surface area contributed by atoms with Gasteiger partial charge >= 0.3 is 0 Å². The van der Waals surface area contributed by atoms with Gasteiger partial charge in [-0.15, -0.1) is 5.10 Å². The molecule has 3 rings (SSSR count). The molecule has 1 aliphatic carbocycles. The summed E-state index contributed by atoms with van der Waals surface area (Å²) in [5.41, 5.74) is -0.0547. The van der Waals surface area contributed by atoms with E-state index in [1.54, 1.807) is 4.90 Å². The number of quaternary nitrogens is 2. The molecule has 2 fully saturated rings. The van der Waals surface area contributed by atoms with Gasteiger partial charge in [-0.2, -0.15) is 0 Å². The fourth-order valence-electron chi connectivity index (χ4n) is 4.70. The van der Waals surface area contributed by atoms with Crippen molar-refractivity contribution in [2.45, 2.75) is 83.8 Å². The molecule has 2 aliphatic rings. The lowest BCUT2D eigenvalue weighted by atomic mass is 9.93. The van der Waals surface area contributed by atoms with Crippen molar-refractivity contribution in [1.29, 1.82) is 0 Å². The normalized spacial score (nSPS) is 28.0. The van der Waals surface area contributed by atoms with Gasteiger partial charge in [-0.1, -0.05) is 13.3 Å². The third-order valence-electron chi connectivity index (χ3n) is 6.06. The van der Waals surface area contributed by atoms with Crippen LogP contribution in [-0.4, -0.2) is 52.4 Å². The number of hydrogen-bond acceptors (Lipinski definition) is 3. The minimum absolute atomic E-state index is 0.0547. The molecule has 1 aromatic heterocycles. The van der Waals surface area contributed by atoms with Crippen LogP contribution in [0.3, 0.4) is 0 Å². The van der Waals surface area contributed by atoms with Gasteiger partial charge < -0.3 is 9.80 Å². The number of nitrogens with zero attached hydrogens (tertiary/aromatic N) is 4. The first-order valence-electron chi connectivity index (χ1n) is 9.98. The molecular formula is C18H36N6+2. The first-order chi connectivity index (χ1) is 11.5. The zero-order chi connectivity index (χ0) is 17.2. The Morgan fingerprint density at radius 2 is 1.75 bits per heavy atom. The Morgan fingerprint density at radius 3 is 2.33 bits per heavy atom. The summed E-state index contributed by atoms with van der Waals surface area (Å²) in [5, 5.41) is 12.7. The molecule has 1 aliphatic heterocycles. The Bertz CT molecular complexity index is 506. The molecule has 2 N–H and O–H groups in total. The summed E-state index contributed by atoms with van der Waals surface area (Å²) < 4.78 is 2.04. The molecular weight excluding hydrogens is 300 g/mol. The molecule has 1 saturated carbocycles. The van der Waals surface area contributed by atoms with Crippen LogP contribution in [-0.2, 0) is 5.54 Å². The fraction of sp³-hybridized carbons (Fsp3) is 0.944. The van der Waals surface area contributed by atoms with Crippen molar-refractivity contribution in [2.75, 3.05) is 26.2 Å². The predicted molar refractivity (Wildman–Crippen MR) is 94.1 cm³/mol. The van der Waals surface area contributed by atoms with Gasteiger partial charge in [0.1, 0.15) is 32.2 Å². The molecule has 136 valence electrons. The molecule has 0 radical (unpaired) electrons. The maximum atomic E-state index is 4.41. The number of tetrazole rings is 1. The highest BCUT2D eigenvalue weighted by atomic mass is 15.6. The molecule has 1 atom stereocenters. The number of aromatic nitrogens is 4. The van der Waals surface area contributed by atoms with Crippen LogP contribution in [0.4, 0.5) is 0 Å². The summed E-state index contributed by atoms with van der Waals surface area (Å²) in [5.74, 6) is 1.07. The van der Waals surface area contributed by atoms with Crippen molar-refractivity contribution in [3.8, 4) is 0 Å². The van der Waals surface area contributed by atoms with E-state index in [9.17, 15) is 0 Å². The minimum Gasteiger partial charge on any atom is -0.323 e. The molecule has 24 heavy (non-hydrogen) atoms. The third kappa shape index (κ3) is 3.80. The van der Waals surface area contributed by atoms with Crippen molar-refractivity contribution in [3.63, 3.8) is 0 Å². The molecule has 1 aromatic rings. The number of rotatable bonds is 4. The van der Waals surface area contributed by atoms with Crippen LogP contribution in [0.15, 0.2) is 0 Å². The molecule has 2 heterocycles. The van der Waals surface area contributed by atoms with Gasteiger partial charge in [0.2, 0.25) is 5.82 Å². The predicted octanol–water partition coefficient (Wildman–Crippen LogP) is -0.00470. The van der Waals surface area contributed by atoms with Crippen molar-refractivity contribution in [3.05, 3.63) is 5.82 Å². The van der Waals surface area contributed by atoms with E-state index >= 15 is 0 Å². The largest absolute Gasteiger partial charge is 0.323 e. The number of hydrogen-bond donors (Lipinski definition) is 2. The number of nitrogens with one attached hydrogen (secondary N) is 2. The van der Waals surface area contributed by atoms with Gasteiger partial charge in [0.15, 0.2) is 0 Å². The molecule has 0 aromatic carbocycles. The summed E-state index contributed by atoms with van der Waals surface area (Å²) in [7, 11) is 0. The van der Waals surface area contributed by atoms with Crippen LogP contribution in [0.25, 0.3) is 0 Å². The van der Waals surface area contributed by atoms with E-state index in [1.807, 2.05) is 9.58 Å². The first kappa shape index (κ1) is 17.8. The highest BCUT2D eigenvalue weighted by molar-refractivity contribution is 4.91. The fourth-order valence-corrected chi connectivity index (χ4v) is 4.70. The van der Waals surface area contributed by atoms with E-state index < -0.39 is 0 Å². The van der Waals surface area contributed by atoms with Gasteiger partial charge in [-0.3, -0.25) is 0 Å². The minimum atomic E-state index is -0.0547. The van der Waals surface area contributed by atoms with Crippen LogP contribution in [0, 0.1) is 0 Å². The lowest BCUT2D eigenvalue weighted by molar-refractivity contribution is -1.04. The standard InChI is InChI=1S/C18H34N6/c1-5-16(17-19-20-21-24(17)18(2,3)4)23-13-11-22(12-14-23)15-9-7-6-8-10-15/h15-16H,5-14H2,1-4H3/p+2/t16-/m1/s1. The zero-order valence-electron chi connectivity index (χ0n) is 16.0. The Kier molecular flexibility index (Phi) is 5.55. The topological polar surface area (TPSA) is 52.5 Å². The Hall–Kier alpha value is -1.01. The zero-order valence-corrected chi connectivity index (χ0v) is 16.0. The smallest absolute Gasteiger partial charge is 0.209 e. The van der Waals surface area contributed by atoms with Crippen LogP contribution in [0.1, 0.15) is 78.1 Å². The van der Waals surface area contributed by atoms with Crippen LogP contribution in [0.2, 0.25) is 0 Å². The Labute approximate surface area is 146 Å². The van der Waals surface area contributed by atoms with E-state index in [-0.39, 0.29) is 5.54 Å².